The van der Waals surface area contributed by atoms with E-state index in [0.717, 1.165) is 64.4 Å². The van der Waals surface area contributed by atoms with E-state index in [0.29, 0.717) is 17.7 Å². The number of nitrogens with one attached hydrogen (secondary N) is 1. The summed E-state index contributed by atoms with van der Waals surface area (Å²) < 4.78 is 2.14. The van der Waals surface area contributed by atoms with Crippen molar-refractivity contribution in [3.8, 4) is 11.3 Å². The molecule has 0 spiro atoms. The third-order valence-corrected chi connectivity index (χ3v) is 7.17. The molecule has 7 heteroatoms. The average molecular weight is 478 g/mol. The fraction of sp³-hybridized carbons (Fsp3) is 0.276. The van der Waals surface area contributed by atoms with Crippen LogP contribution in [0.4, 0.5) is 17.3 Å². The zero-order chi connectivity index (χ0) is 24.8. The van der Waals surface area contributed by atoms with Gasteiger partial charge in [-0.3, -0.25) is 4.40 Å². The van der Waals surface area contributed by atoms with Gasteiger partial charge in [0.2, 0.25) is 0 Å². The molecular weight excluding hydrogens is 446 g/mol. The minimum atomic E-state index is 0.431. The van der Waals surface area contributed by atoms with Gasteiger partial charge in [0, 0.05) is 41.5 Å². The lowest BCUT2D eigenvalue weighted by molar-refractivity contribution is 0.194. The van der Waals surface area contributed by atoms with Crippen molar-refractivity contribution in [2.24, 2.45) is 5.92 Å². The minimum absolute atomic E-state index is 0.431. The maximum atomic E-state index is 6.40. The summed E-state index contributed by atoms with van der Waals surface area (Å²) in [6.07, 6.45) is 6.04. The first-order valence-electron chi connectivity index (χ1n) is 12.5. The van der Waals surface area contributed by atoms with Gasteiger partial charge in [0.1, 0.15) is 28.7 Å². The third-order valence-electron chi connectivity index (χ3n) is 7.17. The van der Waals surface area contributed by atoms with Gasteiger partial charge in [-0.15, -0.1) is 0 Å². The Morgan fingerprint density at radius 1 is 1.06 bits per heavy atom. The van der Waals surface area contributed by atoms with Gasteiger partial charge in [0.15, 0.2) is 0 Å². The van der Waals surface area contributed by atoms with Crippen molar-refractivity contribution in [2.45, 2.75) is 25.7 Å². The van der Waals surface area contributed by atoms with Crippen LogP contribution in [0.1, 0.15) is 30.1 Å². The van der Waals surface area contributed by atoms with Crippen LogP contribution in [-0.2, 0) is 0 Å². The minimum Gasteiger partial charge on any atom is -0.382 e. The topological polar surface area (TPSA) is 84.4 Å². The molecule has 0 unspecified atom stereocenters. The number of hydrogen-bond donors (Lipinski definition) is 2. The molecule has 36 heavy (non-hydrogen) atoms. The lowest BCUT2D eigenvalue weighted by Crippen LogP contribution is -2.32. The molecule has 6 rings (SSSR count). The number of imidazole rings is 1. The number of aromatic nitrogens is 4. The Morgan fingerprint density at radius 2 is 1.86 bits per heavy atom. The molecule has 1 fully saturated rings. The molecule has 2 aromatic carbocycles. The van der Waals surface area contributed by atoms with Crippen molar-refractivity contribution >= 4 is 33.7 Å². The molecule has 1 saturated carbocycles. The van der Waals surface area contributed by atoms with Crippen LogP contribution in [0.25, 0.3) is 27.7 Å². The van der Waals surface area contributed by atoms with E-state index < -0.39 is 0 Å². The number of rotatable bonds is 6. The highest BCUT2D eigenvalue weighted by Crippen LogP contribution is 2.43. The number of para-hydroxylation sites is 1. The predicted octanol–water partition coefficient (Wildman–Crippen LogP) is 5.63. The molecule has 0 saturated heterocycles. The van der Waals surface area contributed by atoms with Crippen molar-refractivity contribution in [1.82, 2.24) is 24.3 Å². The predicted molar refractivity (Wildman–Crippen MR) is 147 cm³/mol. The van der Waals surface area contributed by atoms with E-state index in [1.54, 1.807) is 6.20 Å². The molecule has 5 aromatic rings. The van der Waals surface area contributed by atoms with E-state index in [9.17, 15) is 0 Å². The molecule has 3 heterocycles. The molecule has 0 amide bonds. The first kappa shape index (κ1) is 22.5. The van der Waals surface area contributed by atoms with Crippen molar-refractivity contribution < 1.29 is 0 Å². The van der Waals surface area contributed by atoms with Crippen LogP contribution in [0, 0.1) is 12.8 Å². The first-order valence-corrected chi connectivity index (χ1v) is 12.5. The van der Waals surface area contributed by atoms with Crippen LogP contribution in [-0.4, -0.2) is 44.9 Å². The second-order valence-corrected chi connectivity index (χ2v) is 10.2. The lowest BCUT2D eigenvalue weighted by atomic mass is 9.74. The fourth-order valence-corrected chi connectivity index (χ4v) is 5.47. The molecule has 182 valence electrons. The summed E-state index contributed by atoms with van der Waals surface area (Å²) in [4.78, 5) is 16.7. The normalized spacial score (nSPS) is 17.6. The van der Waals surface area contributed by atoms with Crippen LogP contribution >= 0.6 is 0 Å². The Bertz CT molecular complexity index is 1550. The van der Waals surface area contributed by atoms with Crippen molar-refractivity contribution in [3.63, 3.8) is 0 Å². The fourth-order valence-electron chi connectivity index (χ4n) is 5.47. The van der Waals surface area contributed by atoms with Gasteiger partial charge in [0.25, 0.3) is 0 Å². The van der Waals surface area contributed by atoms with E-state index in [4.69, 9.17) is 15.7 Å². The van der Waals surface area contributed by atoms with Gasteiger partial charge in [-0.05, 0) is 69.6 Å². The number of fused-ring (bicyclic) bond motifs is 2. The van der Waals surface area contributed by atoms with Crippen molar-refractivity contribution in [1.29, 1.82) is 0 Å². The van der Waals surface area contributed by atoms with Gasteiger partial charge in [-0.1, -0.05) is 30.3 Å². The maximum Gasteiger partial charge on any atom is 0.150 e. The number of nitrogen functional groups attached to an aromatic ring is 1. The van der Waals surface area contributed by atoms with Crippen LogP contribution in [0.3, 0.4) is 0 Å². The number of aryl methyl sites for hydroxylation is 1. The van der Waals surface area contributed by atoms with Gasteiger partial charge in [-0.2, -0.15) is 0 Å². The number of anilines is 3. The number of nitrogens with two attached hydrogens (primary N) is 1. The molecule has 0 bridgehead atoms. The Kier molecular flexibility index (Phi) is 5.57. The van der Waals surface area contributed by atoms with Crippen LogP contribution in [0.15, 0.2) is 67.0 Å². The SMILES string of the molecule is Cc1cc(Nc2ccccc2)nc2cc(-c3nc(C4CC(CN(C)C)C4)n4ccnc(N)c34)ccc12. The molecular formula is C29H31N7. The van der Waals surface area contributed by atoms with Crippen molar-refractivity contribution in [2.75, 3.05) is 31.7 Å². The summed E-state index contributed by atoms with van der Waals surface area (Å²) in [5.74, 6) is 3.54. The average Bonchev–Trinajstić information content (AvgIpc) is 3.22. The Hall–Kier alpha value is -3.97. The monoisotopic (exact) mass is 477 g/mol. The molecule has 7 nitrogen and oxygen atoms in total. The highest BCUT2D eigenvalue weighted by molar-refractivity contribution is 5.92. The van der Waals surface area contributed by atoms with Crippen molar-refractivity contribution in [3.05, 3.63) is 78.4 Å². The van der Waals surface area contributed by atoms with E-state index in [-0.39, 0.29) is 0 Å². The molecule has 1 aliphatic carbocycles. The number of pyridine rings is 1. The quantitative estimate of drug-likeness (QED) is 0.330. The standard InChI is InChI=1S/C29H31N7/c1-18-13-25(32-22-7-5-4-6-8-22)33-24-16-20(9-10-23(18)24)26-27-28(30)31-11-12-36(27)29(34-26)21-14-19(15-21)17-35(2)3/h4-13,16,19,21H,14-15,17H2,1-3H3,(H2,30,31)(H,32,33). The van der Waals surface area contributed by atoms with Gasteiger partial charge >= 0.3 is 0 Å². The van der Waals surface area contributed by atoms with Crippen LogP contribution in [0.5, 0.6) is 0 Å². The van der Waals surface area contributed by atoms with E-state index >= 15 is 0 Å². The number of benzene rings is 2. The molecule has 0 aliphatic heterocycles. The van der Waals surface area contributed by atoms with Crippen LogP contribution in [0.2, 0.25) is 0 Å². The van der Waals surface area contributed by atoms with Gasteiger partial charge in [0.05, 0.1) is 5.52 Å². The summed E-state index contributed by atoms with van der Waals surface area (Å²) in [6.45, 7) is 3.23. The highest BCUT2D eigenvalue weighted by atomic mass is 15.1. The third kappa shape index (κ3) is 4.05. The summed E-state index contributed by atoms with van der Waals surface area (Å²) in [6, 6.07) is 18.6. The highest BCUT2D eigenvalue weighted by Gasteiger charge is 2.34. The smallest absolute Gasteiger partial charge is 0.150 e. The molecule has 3 N–H and O–H groups in total. The summed E-state index contributed by atoms with van der Waals surface area (Å²) in [7, 11) is 4.28. The van der Waals surface area contributed by atoms with Gasteiger partial charge in [-0.25, -0.2) is 15.0 Å². The summed E-state index contributed by atoms with van der Waals surface area (Å²) in [5.41, 5.74) is 12.2. The second-order valence-electron chi connectivity index (χ2n) is 10.2. The first-order chi connectivity index (χ1) is 17.5. The molecule has 1 aliphatic rings. The lowest BCUT2D eigenvalue weighted by Gasteiger charge is -2.36. The second kappa shape index (κ2) is 8.91. The maximum absolute atomic E-state index is 6.40. The van der Waals surface area contributed by atoms with E-state index in [1.165, 1.54) is 5.56 Å². The summed E-state index contributed by atoms with van der Waals surface area (Å²) >= 11 is 0. The zero-order valence-corrected chi connectivity index (χ0v) is 20.9. The Balaban J connectivity index is 1.40. The zero-order valence-electron chi connectivity index (χ0n) is 20.9. The Morgan fingerprint density at radius 3 is 2.64 bits per heavy atom. The number of nitrogens with zero attached hydrogens (tertiary/aromatic N) is 5. The largest absolute Gasteiger partial charge is 0.382 e. The number of hydrogen-bond acceptors (Lipinski definition) is 6. The molecule has 3 aromatic heterocycles. The summed E-state index contributed by atoms with van der Waals surface area (Å²) in [5, 5.41) is 4.55. The Labute approximate surface area is 211 Å². The van der Waals surface area contributed by atoms with Crippen LogP contribution < -0.4 is 11.1 Å². The molecule has 0 atom stereocenters. The van der Waals surface area contributed by atoms with E-state index in [2.05, 4.69) is 64.9 Å². The molecule has 0 radical (unpaired) electrons. The van der Waals surface area contributed by atoms with E-state index in [1.807, 2.05) is 36.5 Å². The van der Waals surface area contributed by atoms with Gasteiger partial charge < -0.3 is 16.0 Å².